The van der Waals surface area contributed by atoms with Crippen molar-refractivity contribution in [3.05, 3.63) is 58.8 Å². The highest BCUT2D eigenvalue weighted by Crippen LogP contribution is 2.24. The first-order valence-electron chi connectivity index (χ1n) is 7.62. The van der Waals surface area contributed by atoms with Gasteiger partial charge in [0.25, 0.3) is 0 Å². The number of ether oxygens (including phenoxy) is 1. The third kappa shape index (κ3) is 4.23. The fraction of sp³-hybridized carbons (Fsp3) is 0.222. The maximum absolute atomic E-state index is 11.9. The SMILES string of the molecule is COc1ccc(-c2csc(CCC(=O)NCc3ccco3)n2)cc1. The number of thiazole rings is 1. The molecule has 0 unspecified atom stereocenters. The molecule has 124 valence electrons. The molecule has 3 aromatic rings. The highest BCUT2D eigenvalue weighted by atomic mass is 32.1. The van der Waals surface area contributed by atoms with Gasteiger partial charge in [-0.05, 0) is 36.4 Å². The zero-order valence-electron chi connectivity index (χ0n) is 13.3. The van der Waals surface area contributed by atoms with Crippen LogP contribution in [0.1, 0.15) is 17.2 Å². The first kappa shape index (κ1) is 16.3. The van der Waals surface area contributed by atoms with E-state index in [2.05, 4.69) is 10.3 Å². The number of rotatable bonds is 7. The van der Waals surface area contributed by atoms with E-state index in [0.29, 0.717) is 19.4 Å². The minimum absolute atomic E-state index is 0.00685. The van der Waals surface area contributed by atoms with Crippen molar-refractivity contribution in [2.45, 2.75) is 19.4 Å². The van der Waals surface area contributed by atoms with Crippen molar-refractivity contribution < 1.29 is 13.9 Å². The van der Waals surface area contributed by atoms with Crippen LogP contribution in [0, 0.1) is 0 Å². The van der Waals surface area contributed by atoms with Crippen LogP contribution in [-0.2, 0) is 17.8 Å². The van der Waals surface area contributed by atoms with E-state index in [1.807, 2.05) is 35.7 Å². The molecule has 6 heteroatoms. The summed E-state index contributed by atoms with van der Waals surface area (Å²) in [6.07, 6.45) is 2.64. The van der Waals surface area contributed by atoms with Gasteiger partial charge < -0.3 is 14.5 Å². The number of benzene rings is 1. The molecule has 0 aliphatic heterocycles. The van der Waals surface area contributed by atoms with Crippen LogP contribution in [0.15, 0.2) is 52.5 Å². The van der Waals surface area contributed by atoms with Crippen molar-refractivity contribution in [3.8, 4) is 17.0 Å². The second-order valence-electron chi connectivity index (χ2n) is 5.21. The Morgan fingerprint density at radius 1 is 1.29 bits per heavy atom. The number of methoxy groups -OCH3 is 1. The molecule has 2 heterocycles. The summed E-state index contributed by atoms with van der Waals surface area (Å²) in [5.74, 6) is 1.56. The van der Waals surface area contributed by atoms with Gasteiger partial charge >= 0.3 is 0 Å². The van der Waals surface area contributed by atoms with Gasteiger partial charge in [0, 0.05) is 23.8 Å². The van der Waals surface area contributed by atoms with Crippen molar-refractivity contribution >= 4 is 17.2 Å². The zero-order valence-corrected chi connectivity index (χ0v) is 14.1. The van der Waals surface area contributed by atoms with Gasteiger partial charge in [-0.1, -0.05) is 0 Å². The molecule has 1 aromatic carbocycles. The Morgan fingerprint density at radius 3 is 2.83 bits per heavy atom. The number of aryl methyl sites for hydroxylation is 1. The predicted molar refractivity (Wildman–Crippen MR) is 93.0 cm³/mol. The second-order valence-corrected chi connectivity index (χ2v) is 6.15. The molecule has 24 heavy (non-hydrogen) atoms. The Labute approximate surface area is 144 Å². The number of aromatic nitrogens is 1. The number of furan rings is 1. The van der Waals surface area contributed by atoms with E-state index in [0.717, 1.165) is 27.8 Å². The smallest absolute Gasteiger partial charge is 0.220 e. The van der Waals surface area contributed by atoms with Gasteiger partial charge in [0.15, 0.2) is 0 Å². The minimum Gasteiger partial charge on any atom is -0.497 e. The number of hydrogen-bond acceptors (Lipinski definition) is 5. The van der Waals surface area contributed by atoms with Crippen LogP contribution in [0.3, 0.4) is 0 Å². The van der Waals surface area contributed by atoms with E-state index < -0.39 is 0 Å². The third-order valence-electron chi connectivity index (χ3n) is 3.54. The highest BCUT2D eigenvalue weighted by Gasteiger charge is 2.08. The molecule has 1 amide bonds. The lowest BCUT2D eigenvalue weighted by atomic mass is 10.2. The Kier molecular flexibility index (Phi) is 5.28. The predicted octanol–water partition coefficient (Wildman–Crippen LogP) is 3.66. The topological polar surface area (TPSA) is 64.4 Å². The number of nitrogens with one attached hydrogen (secondary N) is 1. The maximum Gasteiger partial charge on any atom is 0.220 e. The van der Waals surface area contributed by atoms with Gasteiger partial charge in [-0.2, -0.15) is 0 Å². The maximum atomic E-state index is 11.9. The van der Waals surface area contributed by atoms with Crippen molar-refractivity contribution in [3.63, 3.8) is 0 Å². The molecule has 0 saturated carbocycles. The molecule has 0 spiro atoms. The van der Waals surface area contributed by atoms with Gasteiger partial charge in [0.05, 0.1) is 30.6 Å². The molecule has 0 bridgehead atoms. The molecule has 2 aromatic heterocycles. The number of carbonyl (C=O) groups excluding carboxylic acids is 1. The fourth-order valence-electron chi connectivity index (χ4n) is 2.23. The normalized spacial score (nSPS) is 10.5. The third-order valence-corrected chi connectivity index (χ3v) is 4.45. The molecule has 3 rings (SSSR count). The van der Waals surface area contributed by atoms with Gasteiger partial charge in [-0.25, -0.2) is 4.98 Å². The van der Waals surface area contributed by atoms with Crippen LogP contribution in [0.2, 0.25) is 0 Å². The average molecular weight is 342 g/mol. The van der Waals surface area contributed by atoms with Crippen molar-refractivity contribution in [1.29, 1.82) is 0 Å². The van der Waals surface area contributed by atoms with Crippen LogP contribution in [0.5, 0.6) is 5.75 Å². The van der Waals surface area contributed by atoms with E-state index in [-0.39, 0.29) is 5.91 Å². The summed E-state index contributed by atoms with van der Waals surface area (Å²) in [5, 5.41) is 5.80. The summed E-state index contributed by atoms with van der Waals surface area (Å²) in [5.41, 5.74) is 1.97. The minimum atomic E-state index is -0.00685. The van der Waals surface area contributed by atoms with Crippen molar-refractivity contribution in [2.75, 3.05) is 7.11 Å². The van der Waals surface area contributed by atoms with E-state index >= 15 is 0 Å². The largest absolute Gasteiger partial charge is 0.497 e. The van der Waals surface area contributed by atoms with E-state index in [9.17, 15) is 4.79 Å². The van der Waals surface area contributed by atoms with Gasteiger partial charge in [0.1, 0.15) is 11.5 Å². The van der Waals surface area contributed by atoms with Gasteiger partial charge in [0.2, 0.25) is 5.91 Å². The molecule has 0 radical (unpaired) electrons. The van der Waals surface area contributed by atoms with Crippen LogP contribution < -0.4 is 10.1 Å². The molecule has 0 atom stereocenters. The highest BCUT2D eigenvalue weighted by molar-refractivity contribution is 7.09. The molecule has 0 saturated heterocycles. The summed E-state index contributed by atoms with van der Waals surface area (Å²) in [6, 6.07) is 11.4. The lowest BCUT2D eigenvalue weighted by Gasteiger charge is -2.02. The van der Waals surface area contributed by atoms with Crippen LogP contribution in [0.4, 0.5) is 0 Å². The van der Waals surface area contributed by atoms with E-state index in [4.69, 9.17) is 9.15 Å². The number of carbonyl (C=O) groups is 1. The molecule has 0 fully saturated rings. The Balaban J connectivity index is 1.51. The van der Waals surface area contributed by atoms with Crippen molar-refractivity contribution in [1.82, 2.24) is 10.3 Å². The molecule has 0 aliphatic rings. The van der Waals surface area contributed by atoms with Crippen LogP contribution in [-0.4, -0.2) is 18.0 Å². The van der Waals surface area contributed by atoms with E-state index in [1.165, 1.54) is 0 Å². The Morgan fingerprint density at radius 2 is 2.12 bits per heavy atom. The number of hydrogen-bond donors (Lipinski definition) is 1. The Hall–Kier alpha value is -2.60. The number of nitrogens with zero attached hydrogens (tertiary/aromatic N) is 1. The molecule has 1 N–H and O–H groups in total. The summed E-state index contributed by atoms with van der Waals surface area (Å²) < 4.78 is 10.3. The zero-order chi connectivity index (χ0) is 16.8. The Bertz CT molecular complexity index is 779. The molecular formula is C18H18N2O3S. The second kappa shape index (κ2) is 7.79. The fourth-order valence-corrected chi connectivity index (χ4v) is 3.04. The lowest BCUT2D eigenvalue weighted by Crippen LogP contribution is -2.22. The summed E-state index contributed by atoms with van der Waals surface area (Å²) in [4.78, 5) is 16.5. The molecular weight excluding hydrogens is 324 g/mol. The average Bonchev–Trinajstić information content (AvgIpc) is 3.30. The summed E-state index contributed by atoms with van der Waals surface area (Å²) >= 11 is 1.57. The molecule has 0 aliphatic carbocycles. The quantitative estimate of drug-likeness (QED) is 0.712. The first-order valence-corrected chi connectivity index (χ1v) is 8.50. The standard InChI is InChI=1S/C18H18N2O3S/c1-22-14-6-4-13(5-7-14)16-12-24-18(20-16)9-8-17(21)19-11-15-3-2-10-23-15/h2-7,10,12H,8-9,11H2,1H3,(H,19,21). The van der Waals surface area contributed by atoms with Crippen molar-refractivity contribution in [2.24, 2.45) is 0 Å². The monoisotopic (exact) mass is 342 g/mol. The van der Waals surface area contributed by atoms with Crippen LogP contribution >= 0.6 is 11.3 Å². The van der Waals surface area contributed by atoms with Gasteiger partial charge in [-0.15, -0.1) is 11.3 Å². The van der Waals surface area contributed by atoms with Gasteiger partial charge in [-0.3, -0.25) is 4.79 Å². The number of amides is 1. The lowest BCUT2D eigenvalue weighted by molar-refractivity contribution is -0.121. The van der Waals surface area contributed by atoms with E-state index in [1.54, 1.807) is 30.8 Å². The first-order chi connectivity index (χ1) is 11.7. The summed E-state index contributed by atoms with van der Waals surface area (Å²) in [7, 11) is 1.65. The molecule has 5 nitrogen and oxygen atoms in total. The van der Waals surface area contributed by atoms with Crippen LogP contribution in [0.25, 0.3) is 11.3 Å². The summed E-state index contributed by atoms with van der Waals surface area (Å²) in [6.45, 7) is 0.417.